The summed E-state index contributed by atoms with van der Waals surface area (Å²) < 4.78 is 18.7. The number of carbonyl (C=O) groups excluding carboxylic acids is 1. The summed E-state index contributed by atoms with van der Waals surface area (Å²) in [6.07, 6.45) is 0. The van der Waals surface area contributed by atoms with Gasteiger partial charge in [0.2, 0.25) is 0 Å². The molecule has 0 aromatic heterocycles. The van der Waals surface area contributed by atoms with Gasteiger partial charge in [-0.05, 0) is 42.8 Å². The highest BCUT2D eigenvalue weighted by Crippen LogP contribution is 2.18. The van der Waals surface area contributed by atoms with Gasteiger partial charge < -0.3 is 10.1 Å². The van der Waals surface area contributed by atoms with E-state index in [-0.39, 0.29) is 11.6 Å². The Morgan fingerprint density at radius 2 is 2.00 bits per heavy atom. The van der Waals surface area contributed by atoms with E-state index in [1.54, 1.807) is 43.3 Å². The predicted molar refractivity (Wildman–Crippen MR) is 72.1 cm³/mol. The van der Waals surface area contributed by atoms with Gasteiger partial charge in [-0.15, -0.1) is 0 Å². The van der Waals surface area contributed by atoms with E-state index in [4.69, 9.17) is 4.74 Å². The van der Waals surface area contributed by atoms with Crippen LogP contribution in [0.15, 0.2) is 42.5 Å². The van der Waals surface area contributed by atoms with Crippen LogP contribution in [-0.2, 0) is 0 Å². The van der Waals surface area contributed by atoms with Crippen molar-refractivity contribution >= 4 is 11.6 Å². The molecule has 1 N–H and O–H groups in total. The van der Waals surface area contributed by atoms with E-state index >= 15 is 0 Å². The summed E-state index contributed by atoms with van der Waals surface area (Å²) >= 11 is 0. The van der Waals surface area contributed by atoms with Crippen LogP contribution in [0.4, 0.5) is 10.1 Å². The molecule has 19 heavy (non-hydrogen) atoms. The van der Waals surface area contributed by atoms with E-state index in [1.165, 1.54) is 13.2 Å². The second kappa shape index (κ2) is 5.52. The molecule has 0 aliphatic rings. The average molecular weight is 259 g/mol. The number of amides is 1. The molecule has 2 rings (SSSR count). The predicted octanol–water partition coefficient (Wildman–Crippen LogP) is 3.40. The molecule has 0 aliphatic heterocycles. The standard InChI is InChI=1S/C15H14FNO2/c1-10-6-7-14(13(16)8-10)17-15(18)11-4-3-5-12(9-11)19-2/h3-9H,1-2H3,(H,17,18). The number of halogens is 1. The van der Waals surface area contributed by atoms with Crippen LogP contribution in [0.2, 0.25) is 0 Å². The number of aryl methyl sites for hydroxylation is 1. The van der Waals surface area contributed by atoms with Crippen LogP contribution in [0.25, 0.3) is 0 Å². The van der Waals surface area contributed by atoms with Crippen LogP contribution in [0, 0.1) is 12.7 Å². The lowest BCUT2D eigenvalue weighted by molar-refractivity contribution is 0.102. The van der Waals surface area contributed by atoms with Gasteiger partial charge in [0, 0.05) is 5.56 Å². The van der Waals surface area contributed by atoms with Gasteiger partial charge in [0.15, 0.2) is 0 Å². The van der Waals surface area contributed by atoms with Crippen molar-refractivity contribution in [1.82, 2.24) is 0 Å². The molecule has 0 bridgehead atoms. The molecule has 0 unspecified atom stereocenters. The Morgan fingerprint density at radius 3 is 2.68 bits per heavy atom. The van der Waals surface area contributed by atoms with Crippen LogP contribution in [0.1, 0.15) is 15.9 Å². The zero-order valence-corrected chi connectivity index (χ0v) is 10.7. The highest BCUT2D eigenvalue weighted by molar-refractivity contribution is 6.04. The van der Waals surface area contributed by atoms with Crippen molar-refractivity contribution in [2.45, 2.75) is 6.92 Å². The Labute approximate surface area is 111 Å². The zero-order valence-electron chi connectivity index (χ0n) is 10.7. The highest BCUT2D eigenvalue weighted by atomic mass is 19.1. The molecule has 0 atom stereocenters. The third-order valence-corrected chi connectivity index (χ3v) is 2.70. The molecule has 0 aliphatic carbocycles. The van der Waals surface area contributed by atoms with Crippen molar-refractivity contribution < 1.29 is 13.9 Å². The van der Waals surface area contributed by atoms with Crippen molar-refractivity contribution in [3.8, 4) is 5.75 Å². The number of hydrogen-bond acceptors (Lipinski definition) is 2. The minimum Gasteiger partial charge on any atom is -0.497 e. The second-order valence-electron chi connectivity index (χ2n) is 4.17. The quantitative estimate of drug-likeness (QED) is 0.917. The van der Waals surface area contributed by atoms with Gasteiger partial charge in [0.05, 0.1) is 12.8 Å². The van der Waals surface area contributed by atoms with Crippen molar-refractivity contribution in [3.63, 3.8) is 0 Å². The molecular formula is C15H14FNO2. The van der Waals surface area contributed by atoms with Gasteiger partial charge >= 0.3 is 0 Å². The number of benzene rings is 2. The van der Waals surface area contributed by atoms with Gasteiger partial charge in [0.1, 0.15) is 11.6 Å². The maximum absolute atomic E-state index is 13.6. The van der Waals surface area contributed by atoms with Crippen LogP contribution in [0.5, 0.6) is 5.75 Å². The molecule has 0 spiro atoms. The maximum atomic E-state index is 13.6. The van der Waals surface area contributed by atoms with E-state index in [0.29, 0.717) is 11.3 Å². The number of methoxy groups -OCH3 is 1. The molecule has 2 aromatic rings. The summed E-state index contributed by atoms with van der Waals surface area (Å²) in [6.45, 7) is 1.79. The fourth-order valence-electron chi connectivity index (χ4n) is 1.68. The molecular weight excluding hydrogens is 245 g/mol. The SMILES string of the molecule is COc1cccc(C(=O)Nc2ccc(C)cc2F)c1. The molecule has 98 valence electrons. The molecule has 0 fully saturated rings. The van der Waals surface area contributed by atoms with Crippen LogP contribution in [-0.4, -0.2) is 13.0 Å². The number of ether oxygens (including phenoxy) is 1. The summed E-state index contributed by atoms with van der Waals surface area (Å²) in [5.41, 5.74) is 1.38. The van der Waals surface area contributed by atoms with Gasteiger partial charge in [-0.3, -0.25) is 4.79 Å². The molecule has 0 radical (unpaired) electrons. The largest absolute Gasteiger partial charge is 0.497 e. The van der Waals surface area contributed by atoms with E-state index in [2.05, 4.69) is 5.32 Å². The minimum atomic E-state index is -0.448. The monoisotopic (exact) mass is 259 g/mol. The molecule has 2 aromatic carbocycles. The molecule has 0 saturated carbocycles. The van der Waals surface area contributed by atoms with Crippen molar-refractivity contribution in [3.05, 3.63) is 59.4 Å². The molecule has 1 amide bonds. The summed E-state index contributed by atoms with van der Waals surface area (Å²) in [5.74, 6) is -0.241. The maximum Gasteiger partial charge on any atom is 0.255 e. The van der Waals surface area contributed by atoms with E-state index in [1.807, 2.05) is 0 Å². The zero-order chi connectivity index (χ0) is 13.8. The number of nitrogens with one attached hydrogen (secondary N) is 1. The molecule has 4 heteroatoms. The van der Waals surface area contributed by atoms with Gasteiger partial charge in [0.25, 0.3) is 5.91 Å². The van der Waals surface area contributed by atoms with Crippen LogP contribution >= 0.6 is 0 Å². The fourth-order valence-corrected chi connectivity index (χ4v) is 1.68. The fraction of sp³-hybridized carbons (Fsp3) is 0.133. The van der Waals surface area contributed by atoms with E-state index in [0.717, 1.165) is 5.56 Å². The smallest absolute Gasteiger partial charge is 0.255 e. The Morgan fingerprint density at radius 1 is 1.21 bits per heavy atom. The van der Waals surface area contributed by atoms with Crippen LogP contribution in [0.3, 0.4) is 0 Å². The lowest BCUT2D eigenvalue weighted by Crippen LogP contribution is -2.13. The third kappa shape index (κ3) is 3.10. The topological polar surface area (TPSA) is 38.3 Å². The summed E-state index contributed by atoms with van der Waals surface area (Å²) in [6, 6.07) is 11.3. The minimum absolute atomic E-state index is 0.165. The van der Waals surface area contributed by atoms with Gasteiger partial charge in [-0.2, -0.15) is 0 Å². The summed E-state index contributed by atoms with van der Waals surface area (Å²) in [4.78, 5) is 12.0. The van der Waals surface area contributed by atoms with E-state index < -0.39 is 5.82 Å². The first-order valence-electron chi connectivity index (χ1n) is 5.81. The van der Waals surface area contributed by atoms with E-state index in [9.17, 15) is 9.18 Å². The average Bonchev–Trinajstić information content (AvgIpc) is 2.42. The Balaban J connectivity index is 2.20. The first-order valence-corrected chi connectivity index (χ1v) is 5.81. The Bertz CT molecular complexity index is 611. The van der Waals surface area contributed by atoms with Gasteiger partial charge in [-0.25, -0.2) is 4.39 Å². The Hall–Kier alpha value is -2.36. The first-order chi connectivity index (χ1) is 9.10. The lowest BCUT2D eigenvalue weighted by Gasteiger charge is -2.08. The second-order valence-corrected chi connectivity index (χ2v) is 4.17. The molecule has 0 heterocycles. The number of anilines is 1. The highest BCUT2D eigenvalue weighted by Gasteiger charge is 2.10. The lowest BCUT2D eigenvalue weighted by atomic mass is 10.2. The number of rotatable bonds is 3. The molecule has 3 nitrogen and oxygen atoms in total. The first kappa shape index (κ1) is 13.1. The van der Waals surface area contributed by atoms with Crippen molar-refractivity contribution in [2.75, 3.05) is 12.4 Å². The van der Waals surface area contributed by atoms with Crippen molar-refractivity contribution in [2.24, 2.45) is 0 Å². The number of hydrogen-bond donors (Lipinski definition) is 1. The summed E-state index contributed by atoms with van der Waals surface area (Å²) in [7, 11) is 1.52. The third-order valence-electron chi connectivity index (χ3n) is 2.70. The van der Waals surface area contributed by atoms with Crippen LogP contribution < -0.4 is 10.1 Å². The number of carbonyl (C=O) groups is 1. The van der Waals surface area contributed by atoms with Crippen molar-refractivity contribution in [1.29, 1.82) is 0 Å². The summed E-state index contributed by atoms with van der Waals surface area (Å²) in [5, 5.41) is 2.54. The normalized spacial score (nSPS) is 10.1. The Kier molecular flexibility index (Phi) is 3.80. The molecule has 0 saturated heterocycles. The van der Waals surface area contributed by atoms with Gasteiger partial charge in [-0.1, -0.05) is 12.1 Å².